The van der Waals surface area contributed by atoms with Crippen molar-refractivity contribution in [3.05, 3.63) is 35.9 Å². The summed E-state index contributed by atoms with van der Waals surface area (Å²) in [7, 11) is 2.25. The maximum Gasteiger partial charge on any atom is 0.0177 e. The summed E-state index contributed by atoms with van der Waals surface area (Å²) in [6, 6.07) is 11.4. The third-order valence-electron chi connectivity index (χ3n) is 4.75. The molecule has 0 saturated heterocycles. The zero-order valence-corrected chi connectivity index (χ0v) is 15.0. The lowest BCUT2D eigenvalue weighted by Gasteiger charge is -2.41. The molecule has 1 N–H and O–H groups in total. The van der Waals surface area contributed by atoms with Gasteiger partial charge in [-0.15, -0.1) is 0 Å². The zero-order valence-electron chi connectivity index (χ0n) is 15.0. The van der Waals surface area contributed by atoms with Crippen LogP contribution in [0.4, 0.5) is 0 Å². The monoisotopic (exact) mass is 290 g/mol. The third-order valence-corrected chi connectivity index (χ3v) is 4.75. The molecular weight excluding hydrogens is 256 g/mol. The van der Waals surface area contributed by atoms with E-state index >= 15 is 0 Å². The smallest absolute Gasteiger partial charge is 0.0177 e. The van der Waals surface area contributed by atoms with Gasteiger partial charge < -0.3 is 10.2 Å². The van der Waals surface area contributed by atoms with Gasteiger partial charge in [0.15, 0.2) is 0 Å². The van der Waals surface area contributed by atoms with Gasteiger partial charge >= 0.3 is 0 Å². The number of hydrogen-bond donors (Lipinski definition) is 1. The molecule has 1 aromatic carbocycles. The maximum atomic E-state index is 3.54. The minimum atomic E-state index is 0.130. The standard InChI is InChI=1S/C19H34N2/c1-8-20-14-19(6,17-12-10-9-11-13-17)15-21(7)16(2)18(3,4)5/h9-13,16,20H,8,14-15H2,1-7H3. The molecule has 0 aliphatic rings. The summed E-state index contributed by atoms with van der Waals surface area (Å²) >= 11 is 0. The van der Waals surface area contributed by atoms with Crippen LogP contribution in [-0.4, -0.2) is 37.6 Å². The molecule has 2 unspecified atom stereocenters. The Kier molecular flexibility index (Phi) is 6.42. The van der Waals surface area contributed by atoms with Crippen molar-refractivity contribution >= 4 is 0 Å². The first kappa shape index (κ1) is 18.2. The second-order valence-corrected chi connectivity index (χ2v) is 7.66. The minimum absolute atomic E-state index is 0.130. The lowest BCUT2D eigenvalue weighted by atomic mass is 9.80. The summed E-state index contributed by atoms with van der Waals surface area (Å²) in [5.41, 5.74) is 1.84. The van der Waals surface area contributed by atoms with Crippen LogP contribution in [0.1, 0.15) is 47.1 Å². The van der Waals surface area contributed by atoms with Gasteiger partial charge in [-0.05, 0) is 31.5 Å². The van der Waals surface area contributed by atoms with E-state index in [1.54, 1.807) is 0 Å². The van der Waals surface area contributed by atoms with Gasteiger partial charge in [0, 0.05) is 24.5 Å². The molecule has 1 rings (SSSR count). The van der Waals surface area contributed by atoms with Crippen LogP contribution < -0.4 is 5.32 Å². The van der Waals surface area contributed by atoms with Gasteiger partial charge in [-0.25, -0.2) is 0 Å². The van der Waals surface area contributed by atoms with Gasteiger partial charge in [0.1, 0.15) is 0 Å². The fourth-order valence-corrected chi connectivity index (χ4v) is 2.84. The van der Waals surface area contributed by atoms with E-state index in [-0.39, 0.29) is 5.41 Å². The van der Waals surface area contributed by atoms with Gasteiger partial charge in [0.2, 0.25) is 0 Å². The number of nitrogens with one attached hydrogen (secondary N) is 1. The Labute approximate surface area is 131 Å². The predicted octanol–water partition coefficient (Wildman–Crippen LogP) is 3.92. The Hall–Kier alpha value is -0.860. The minimum Gasteiger partial charge on any atom is -0.316 e. The molecule has 1 aromatic rings. The summed E-state index contributed by atoms with van der Waals surface area (Å²) in [4.78, 5) is 2.50. The first-order chi connectivity index (χ1) is 9.70. The lowest BCUT2D eigenvalue weighted by Crippen LogP contribution is -2.49. The summed E-state index contributed by atoms with van der Waals surface area (Å²) in [6.45, 7) is 16.9. The summed E-state index contributed by atoms with van der Waals surface area (Å²) in [6.07, 6.45) is 0. The highest BCUT2D eigenvalue weighted by Crippen LogP contribution is 2.29. The highest BCUT2D eigenvalue weighted by Gasteiger charge is 2.32. The van der Waals surface area contributed by atoms with Crippen molar-refractivity contribution in [3.8, 4) is 0 Å². The second-order valence-electron chi connectivity index (χ2n) is 7.66. The molecule has 2 atom stereocenters. The largest absolute Gasteiger partial charge is 0.316 e. The first-order valence-electron chi connectivity index (χ1n) is 8.17. The normalized spacial score (nSPS) is 16.8. The summed E-state index contributed by atoms with van der Waals surface area (Å²) < 4.78 is 0. The molecule has 2 heteroatoms. The Morgan fingerprint density at radius 3 is 2.14 bits per heavy atom. The molecule has 0 fully saturated rings. The van der Waals surface area contributed by atoms with Crippen LogP contribution in [0.5, 0.6) is 0 Å². The van der Waals surface area contributed by atoms with Crippen molar-refractivity contribution in [2.45, 2.75) is 53.0 Å². The number of hydrogen-bond acceptors (Lipinski definition) is 2. The van der Waals surface area contributed by atoms with Crippen molar-refractivity contribution in [1.29, 1.82) is 0 Å². The van der Waals surface area contributed by atoms with Crippen LogP contribution in [0, 0.1) is 5.41 Å². The van der Waals surface area contributed by atoms with Crippen molar-refractivity contribution in [2.24, 2.45) is 5.41 Å². The van der Waals surface area contributed by atoms with E-state index in [1.807, 2.05) is 0 Å². The van der Waals surface area contributed by atoms with Gasteiger partial charge in [0.25, 0.3) is 0 Å². The average molecular weight is 290 g/mol. The fraction of sp³-hybridized carbons (Fsp3) is 0.684. The third kappa shape index (κ3) is 5.12. The van der Waals surface area contributed by atoms with E-state index in [4.69, 9.17) is 0 Å². The van der Waals surface area contributed by atoms with Crippen LogP contribution in [0.3, 0.4) is 0 Å². The van der Waals surface area contributed by atoms with Crippen LogP contribution in [-0.2, 0) is 5.41 Å². The van der Waals surface area contributed by atoms with E-state index < -0.39 is 0 Å². The van der Waals surface area contributed by atoms with Gasteiger partial charge in [0.05, 0.1) is 0 Å². The molecular formula is C19H34N2. The number of likely N-dealkylation sites (N-methyl/N-ethyl adjacent to an activating group) is 2. The molecule has 0 radical (unpaired) electrons. The molecule has 0 saturated carbocycles. The average Bonchev–Trinajstić information content (AvgIpc) is 2.44. The van der Waals surface area contributed by atoms with Crippen LogP contribution >= 0.6 is 0 Å². The summed E-state index contributed by atoms with van der Waals surface area (Å²) in [5.74, 6) is 0. The highest BCUT2D eigenvalue weighted by molar-refractivity contribution is 5.25. The molecule has 0 amide bonds. The molecule has 0 heterocycles. The van der Waals surface area contributed by atoms with Crippen LogP contribution in [0.2, 0.25) is 0 Å². The topological polar surface area (TPSA) is 15.3 Å². The Balaban J connectivity index is 2.93. The molecule has 0 spiro atoms. The van der Waals surface area contributed by atoms with Crippen molar-refractivity contribution in [2.75, 3.05) is 26.7 Å². The number of nitrogens with zero attached hydrogens (tertiary/aromatic N) is 1. The SMILES string of the molecule is CCNCC(C)(CN(C)C(C)C(C)(C)C)c1ccccc1. The van der Waals surface area contributed by atoms with Gasteiger partial charge in [-0.2, -0.15) is 0 Å². The van der Waals surface area contributed by atoms with E-state index in [2.05, 4.69) is 89.1 Å². The van der Waals surface area contributed by atoms with E-state index in [1.165, 1.54) is 5.56 Å². The Morgan fingerprint density at radius 1 is 1.10 bits per heavy atom. The summed E-state index contributed by atoms with van der Waals surface area (Å²) in [5, 5.41) is 3.54. The van der Waals surface area contributed by atoms with Crippen molar-refractivity contribution in [3.63, 3.8) is 0 Å². The molecule has 0 aliphatic heterocycles. The van der Waals surface area contributed by atoms with Gasteiger partial charge in [-0.3, -0.25) is 0 Å². The maximum absolute atomic E-state index is 3.54. The highest BCUT2D eigenvalue weighted by atomic mass is 15.1. The second kappa shape index (κ2) is 7.42. The van der Waals surface area contributed by atoms with Crippen LogP contribution in [0.25, 0.3) is 0 Å². The number of rotatable bonds is 7. The molecule has 120 valence electrons. The molecule has 0 bridgehead atoms. The quantitative estimate of drug-likeness (QED) is 0.819. The van der Waals surface area contributed by atoms with Crippen LogP contribution in [0.15, 0.2) is 30.3 Å². The first-order valence-corrected chi connectivity index (χ1v) is 8.17. The van der Waals surface area contributed by atoms with E-state index in [9.17, 15) is 0 Å². The van der Waals surface area contributed by atoms with E-state index in [0.717, 1.165) is 19.6 Å². The van der Waals surface area contributed by atoms with Crippen molar-refractivity contribution in [1.82, 2.24) is 10.2 Å². The fourth-order valence-electron chi connectivity index (χ4n) is 2.84. The molecule has 2 nitrogen and oxygen atoms in total. The zero-order chi connectivity index (χ0) is 16.1. The molecule has 0 aromatic heterocycles. The Morgan fingerprint density at radius 2 is 1.67 bits per heavy atom. The van der Waals surface area contributed by atoms with Crippen molar-refractivity contribution < 1.29 is 0 Å². The predicted molar refractivity (Wildman–Crippen MR) is 93.9 cm³/mol. The Bertz CT molecular complexity index is 407. The van der Waals surface area contributed by atoms with E-state index in [0.29, 0.717) is 11.5 Å². The lowest BCUT2D eigenvalue weighted by molar-refractivity contribution is 0.115. The van der Waals surface area contributed by atoms with Gasteiger partial charge in [-0.1, -0.05) is 65.0 Å². The number of benzene rings is 1. The molecule has 21 heavy (non-hydrogen) atoms. The molecule has 0 aliphatic carbocycles.